The maximum atomic E-state index is 13.0. The van der Waals surface area contributed by atoms with Gasteiger partial charge in [-0.15, -0.1) is 0 Å². The standard InChI is InChI=1S/C27H24N2O5/c1-16-9-11-21(13-17(16)2)28-24(30)15-34-27(33)20-10-12-22-23(14-20)26(32)29(25(22)31)18(3)19-7-5-4-6-8-19/h4-14,18H,15H2,1-3H3,(H,28,30)/t18-/m0/s1. The smallest absolute Gasteiger partial charge is 0.338 e. The van der Waals surface area contributed by atoms with Crippen LogP contribution in [0.15, 0.2) is 66.7 Å². The molecular formula is C27H24N2O5. The van der Waals surface area contributed by atoms with Crippen molar-refractivity contribution in [1.82, 2.24) is 4.90 Å². The average Bonchev–Trinajstić information content (AvgIpc) is 3.09. The van der Waals surface area contributed by atoms with Crippen molar-refractivity contribution in [2.45, 2.75) is 26.8 Å². The van der Waals surface area contributed by atoms with Crippen molar-refractivity contribution >= 4 is 29.4 Å². The zero-order valence-corrected chi connectivity index (χ0v) is 19.1. The predicted molar refractivity (Wildman–Crippen MR) is 127 cm³/mol. The molecule has 0 aliphatic carbocycles. The summed E-state index contributed by atoms with van der Waals surface area (Å²) in [5.74, 6) is -2.12. The molecule has 1 aliphatic rings. The van der Waals surface area contributed by atoms with E-state index in [1.807, 2.05) is 56.3 Å². The molecule has 0 saturated carbocycles. The molecule has 7 nitrogen and oxygen atoms in total. The summed E-state index contributed by atoms with van der Waals surface area (Å²) >= 11 is 0. The molecule has 1 aliphatic heterocycles. The van der Waals surface area contributed by atoms with E-state index in [2.05, 4.69) is 5.32 Å². The van der Waals surface area contributed by atoms with Crippen LogP contribution in [0.5, 0.6) is 0 Å². The maximum Gasteiger partial charge on any atom is 0.338 e. The van der Waals surface area contributed by atoms with Crippen molar-refractivity contribution in [3.8, 4) is 0 Å². The van der Waals surface area contributed by atoms with Gasteiger partial charge in [-0.05, 0) is 67.8 Å². The predicted octanol–water partition coefficient (Wildman–Crippen LogP) is 4.46. The second kappa shape index (κ2) is 9.31. The normalized spacial score (nSPS) is 13.4. The zero-order valence-electron chi connectivity index (χ0n) is 19.1. The third-order valence-electron chi connectivity index (χ3n) is 5.95. The Labute approximate surface area is 197 Å². The van der Waals surface area contributed by atoms with Gasteiger partial charge in [0.1, 0.15) is 0 Å². The van der Waals surface area contributed by atoms with Crippen LogP contribution in [0.4, 0.5) is 5.69 Å². The van der Waals surface area contributed by atoms with Gasteiger partial charge in [0.25, 0.3) is 17.7 Å². The molecule has 34 heavy (non-hydrogen) atoms. The number of benzene rings is 3. The van der Waals surface area contributed by atoms with Gasteiger partial charge in [0.05, 0.1) is 22.7 Å². The van der Waals surface area contributed by atoms with E-state index in [4.69, 9.17) is 4.74 Å². The Morgan fingerprint density at radius 1 is 0.882 bits per heavy atom. The van der Waals surface area contributed by atoms with E-state index in [0.29, 0.717) is 5.69 Å². The van der Waals surface area contributed by atoms with E-state index in [0.717, 1.165) is 16.7 Å². The van der Waals surface area contributed by atoms with Crippen LogP contribution in [-0.2, 0) is 9.53 Å². The molecule has 172 valence electrons. The molecule has 3 aromatic rings. The first-order valence-electron chi connectivity index (χ1n) is 10.9. The third-order valence-corrected chi connectivity index (χ3v) is 5.95. The molecule has 0 radical (unpaired) electrons. The maximum absolute atomic E-state index is 13.0. The minimum atomic E-state index is -0.757. The van der Waals surface area contributed by atoms with Gasteiger partial charge < -0.3 is 10.1 Å². The first-order chi connectivity index (χ1) is 16.3. The second-order valence-corrected chi connectivity index (χ2v) is 8.25. The fourth-order valence-corrected chi connectivity index (χ4v) is 3.85. The number of rotatable bonds is 6. The first kappa shape index (κ1) is 22.9. The van der Waals surface area contributed by atoms with Crippen molar-refractivity contribution in [3.05, 3.63) is 100 Å². The molecule has 0 fully saturated rings. The summed E-state index contributed by atoms with van der Waals surface area (Å²) in [5, 5.41) is 2.68. The van der Waals surface area contributed by atoms with Crippen LogP contribution in [0.1, 0.15) is 60.7 Å². The van der Waals surface area contributed by atoms with Gasteiger partial charge in [0.15, 0.2) is 6.61 Å². The van der Waals surface area contributed by atoms with E-state index in [1.54, 1.807) is 13.0 Å². The van der Waals surface area contributed by atoms with Crippen LogP contribution in [0.2, 0.25) is 0 Å². The van der Waals surface area contributed by atoms with E-state index < -0.39 is 36.3 Å². The highest BCUT2D eigenvalue weighted by molar-refractivity contribution is 6.22. The molecule has 4 rings (SSSR count). The number of hydrogen-bond donors (Lipinski definition) is 1. The highest BCUT2D eigenvalue weighted by atomic mass is 16.5. The fourth-order valence-electron chi connectivity index (χ4n) is 3.85. The van der Waals surface area contributed by atoms with Gasteiger partial charge in [-0.25, -0.2) is 4.79 Å². The lowest BCUT2D eigenvalue weighted by atomic mass is 10.1. The summed E-state index contributed by atoms with van der Waals surface area (Å²) in [7, 11) is 0. The monoisotopic (exact) mass is 456 g/mol. The Hall–Kier alpha value is -4.26. The lowest BCUT2D eigenvalue weighted by molar-refractivity contribution is -0.119. The van der Waals surface area contributed by atoms with Crippen molar-refractivity contribution < 1.29 is 23.9 Å². The van der Waals surface area contributed by atoms with Gasteiger partial charge >= 0.3 is 5.97 Å². The molecule has 7 heteroatoms. The number of carbonyl (C=O) groups is 4. The number of imide groups is 1. The Bertz CT molecular complexity index is 1300. The Morgan fingerprint density at radius 2 is 1.59 bits per heavy atom. The van der Waals surface area contributed by atoms with Crippen LogP contribution in [-0.4, -0.2) is 35.2 Å². The SMILES string of the molecule is Cc1ccc(NC(=O)COC(=O)c2ccc3c(c2)C(=O)N([C@@H](C)c2ccccc2)C3=O)cc1C. The van der Waals surface area contributed by atoms with Crippen LogP contribution in [0.25, 0.3) is 0 Å². The summed E-state index contributed by atoms with van der Waals surface area (Å²) < 4.78 is 5.12. The number of fused-ring (bicyclic) bond motifs is 1. The quantitative estimate of drug-likeness (QED) is 0.437. The minimum absolute atomic E-state index is 0.0908. The van der Waals surface area contributed by atoms with Crippen molar-refractivity contribution in [2.24, 2.45) is 0 Å². The molecule has 1 heterocycles. The fraction of sp³-hybridized carbons (Fsp3) is 0.185. The number of anilines is 1. The van der Waals surface area contributed by atoms with E-state index >= 15 is 0 Å². The zero-order chi connectivity index (χ0) is 24.4. The second-order valence-electron chi connectivity index (χ2n) is 8.25. The van der Waals surface area contributed by atoms with Crippen LogP contribution < -0.4 is 5.32 Å². The Balaban J connectivity index is 1.43. The number of nitrogens with one attached hydrogen (secondary N) is 1. The molecule has 1 N–H and O–H groups in total. The number of amides is 3. The number of hydrogen-bond acceptors (Lipinski definition) is 5. The molecule has 0 unspecified atom stereocenters. The van der Waals surface area contributed by atoms with Gasteiger partial charge in [-0.2, -0.15) is 0 Å². The summed E-state index contributed by atoms with van der Waals surface area (Å²) in [6, 6.07) is 18.5. The minimum Gasteiger partial charge on any atom is -0.452 e. The number of ether oxygens (including phenoxy) is 1. The lowest BCUT2D eigenvalue weighted by Gasteiger charge is -2.22. The number of aryl methyl sites for hydroxylation is 2. The van der Waals surface area contributed by atoms with Crippen molar-refractivity contribution in [2.75, 3.05) is 11.9 Å². The summed E-state index contributed by atoms with van der Waals surface area (Å²) in [6.45, 7) is 5.21. The topological polar surface area (TPSA) is 92.8 Å². The molecule has 0 bridgehead atoms. The summed E-state index contributed by atoms with van der Waals surface area (Å²) in [4.78, 5) is 51.8. The molecule has 1 atom stereocenters. The van der Waals surface area contributed by atoms with E-state index in [9.17, 15) is 19.2 Å². The largest absolute Gasteiger partial charge is 0.452 e. The van der Waals surface area contributed by atoms with Crippen LogP contribution >= 0.6 is 0 Å². The molecule has 0 aromatic heterocycles. The van der Waals surface area contributed by atoms with Crippen molar-refractivity contribution in [1.29, 1.82) is 0 Å². The molecule has 0 spiro atoms. The van der Waals surface area contributed by atoms with E-state index in [1.165, 1.54) is 23.1 Å². The van der Waals surface area contributed by atoms with Gasteiger partial charge in [-0.3, -0.25) is 19.3 Å². The van der Waals surface area contributed by atoms with Crippen LogP contribution in [0, 0.1) is 13.8 Å². The molecular weight excluding hydrogens is 432 g/mol. The molecule has 3 aromatic carbocycles. The number of nitrogens with zero attached hydrogens (tertiary/aromatic N) is 1. The number of esters is 1. The number of carbonyl (C=O) groups excluding carboxylic acids is 4. The van der Waals surface area contributed by atoms with Crippen molar-refractivity contribution in [3.63, 3.8) is 0 Å². The van der Waals surface area contributed by atoms with Gasteiger partial charge in [0, 0.05) is 5.69 Å². The summed E-state index contributed by atoms with van der Waals surface area (Å²) in [6.07, 6.45) is 0. The molecule has 0 saturated heterocycles. The lowest BCUT2D eigenvalue weighted by Crippen LogP contribution is -2.32. The Kier molecular flexibility index (Phi) is 6.27. The summed E-state index contributed by atoms with van der Waals surface area (Å²) in [5.41, 5.74) is 4.03. The van der Waals surface area contributed by atoms with E-state index in [-0.39, 0.29) is 16.7 Å². The average molecular weight is 456 g/mol. The van der Waals surface area contributed by atoms with Crippen LogP contribution in [0.3, 0.4) is 0 Å². The highest BCUT2D eigenvalue weighted by Gasteiger charge is 2.39. The van der Waals surface area contributed by atoms with Gasteiger partial charge in [-0.1, -0.05) is 36.4 Å². The molecule has 3 amide bonds. The third kappa shape index (κ3) is 4.45. The Morgan fingerprint density at radius 3 is 2.29 bits per heavy atom. The van der Waals surface area contributed by atoms with Gasteiger partial charge in [0.2, 0.25) is 0 Å². The highest BCUT2D eigenvalue weighted by Crippen LogP contribution is 2.31. The first-order valence-corrected chi connectivity index (χ1v) is 10.9.